The molecule has 0 unspecified atom stereocenters. The number of halogens is 2. The summed E-state index contributed by atoms with van der Waals surface area (Å²) in [6.07, 6.45) is 1.54. The van der Waals surface area contributed by atoms with Gasteiger partial charge in [0, 0.05) is 11.8 Å². The van der Waals surface area contributed by atoms with Crippen molar-refractivity contribution in [3.8, 4) is 17.3 Å². The molecule has 0 aliphatic rings. The van der Waals surface area contributed by atoms with Crippen LogP contribution in [0.2, 0.25) is 10.2 Å². The van der Waals surface area contributed by atoms with E-state index >= 15 is 0 Å². The minimum Gasteiger partial charge on any atom is -0.244 e. The molecule has 5 heteroatoms. The summed E-state index contributed by atoms with van der Waals surface area (Å²) in [5, 5.41) is 9.53. The molecule has 2 heterocycles. The largest absolute Gasteiger partial charge is 0.244 e. The van der Waals surface area contributed by atoms with Gasteiger partial charge in [-0.2, -0.15) is 5.26 Å². The topological polar surface area (TPSA) is 49.6 Å². The molecule has 0 amide bonds. The average Bonchev–Trinajstić information content (AvgIpc) is 2.29. The highest BCUT2D eigenvalue weighted by Crippen LogP contribution is 2.27. The van der Waals surface area contributed by atoms with Gasteiger partial charge in [0.05, 0.1) is 10.7 Å². The maximum Gasteiger partial charge on any atom is 0.141 e. The SMILES string of the molecule is N#Cc1cccc(-c2cnc(Cl)cc2Cl)n1. The molecule has 0 aliphatic carbocycles. The second kappa shape index (κ2) is 4.48. The minimum atomic E-state index is 0.324. The first kappa shape index (κ1) is 10.9. The van der Waals surface area contributed by atoms with Crippen LogP contribution in [0.3, 0.4) is 0 Å². The molecule has 2 aromatic rings. The Labute approximate surface area is 102 Å². The molecular formula is C11H5Cl2N3. The Morgan fingerprint density at radius 3 is 2.75 bits per heavy atom. The summed E-state index contributed by atoms with van der Waals surface area (Å²) in [5.41, 5.74) is 1.60. The highest BCUT2D eigenvalue weighted by Gasteiger charge is 2.06. The molecule has 2 aromatic heterocycles. The van der Waals surface area contributed by atoms with Crippen molar-refractivity contribution in [2.75, 3.05) is 0 Å². The zero-order chi connectivity index (χ0) is 11.5. The smallest absolute Gasteiger partial charge is 0.141 e. The molecule has 0 fully saturated rings. The third kappa shape index (κ3) is 2.13. The van der Waals surface area contributed by atoms with Crippen LogP contribution in [0.1, 0.15) is 5.69 Å². The van der Waals surface area contributed by atoms with Gasteiger partial charge in [-0.15, -0.1) is 0 Å². The van der Waals surface area contributed by atoms with Gasteiger partial charge in [0.1, 0.15) is 16.9 Å². The van der Waals surface area contributed by atoms with Crippen LogP contribution >= 0.6 is 23.2 Å². The first-order valence-electron chi connectivity index (χ1n) is 4.39. The summed E-state index contributed by atoms with van der Waals surface area (Å²) in [6.45, 7) is 0. The molecule has 78 valence electrons. The van der Waals surface area contributed by atoms with E-state index < -0.39 is 0 Å². The number of hydrogen-bond donors (Lipinski definition) is 0. The van der Waals surface area contributed by atoms with Gasteiger partial charge in [0.15, 0.2) is 0 Å². The van der Waals surface area contributed by atoms with E-state index in [0.717, 1.165) is 0 Å². The van der Waals surface area contributed by atoms with Gasteiger partial charge >= 0.3 is 0 Å². The standard InChI is InChI=1S/C11H5Cl2N3/c12-9-4-11(13)15-6-8(9)10-3-1-2-7(5-14)16-10/h1-4,6H. The molecule has 16 heavy (non-hydrogen) atoms. The van der Waals surface area contributed by atoms with Gasteiger partial charge in [0.2, 0.25) is 0 Å². The van der Waals surface area contributed by atoms with Gasteiger partial charge in [0.25, 0.3) is 0 Å². The number of aromatic nitrogens is 2. The second-order valence-corrected chi connectivity index (χ2v) is 3.80. The van der Waals surface area contributed by atoms with Crippen LogP contribution in [0.25, 0.3) is 11.3 Å². The molecular weight excluding hydrogens is 245 g/mol. The zero-order valence-electron chi connectivity index (χ0n) is 7.98. The Kier molecular flexibility index (Phi) is 3.04. The summed E-state index contributed by atoms with van der Waals surface area (Å²) in [7, 11) is 0. The molecule has 0 aliphatic heterocycles. The van der Waals surface area contributed by atoms with E-state index in [4.69, 9.17) is 28.5 Å². The highest BCUT2D eigenvalue weighted by atomic mass is 35.5. The monoisotopic (exact) mass is 249 g/mol. The van der Waals surface area contributed by atoms with E-state index in [1.165, 1.54) is 6.20 Å². The minimum absolute atomic E-state index is 0.324. The van der Waals surface area contributed by atoms with Gasteiger partial charge in [-0.25, -0.2) is 9.97 Å². The number of rotatable bonds is 1. The van der Waals surface area contributed by atoms with Crippen molar-refractivity contribution in [3.05, 3.63) is 46.3 Å². The lowest BCUT2D eigenvalue weighted by molar-refractivity contribution is 1.24. The fraction of sp³-hybridized carbons (Fsp3) is 0. The number of pyridine rings is 2. The molecule has 3 nitrogen and oxygen atoms in total. The summed E-state index contributed by atoms with van der Waals surface area (Å²) in [4.78, 5) is 8.05. The quantitative estimate of drug-likeness (QED) is 0.729. The first-order chi connectivity index (χ1) is 7.70. The Morgan fingerprint density at radius 1 is 1.25 bits per heavy atom. The molecule has 0 spiro atoms. The van der Waals surface area contributed by atoms with Crippen LogP contribution in [-0.2, 0) is 0 Å². The van der Waals surface area contributed by atoms with Gasteiger partial charge in [-0.1, -0.05) is 29.3 Å². The van der Waals surface area contributed by atoms with Crippen LogP contribution in [-0.4, -0.2) is 9.97 Å². The molecule has 0 saturated heterocycles. The van der Waals surface area contributed by atoms with Crippen LogP contribution in [0.4, 0.5) is 0 Å². The fourth-order valence-electron chi connectivity index (χ4n) is 1.24. The van der Waals surface area contributed by atoms with E-state index in [1.807, 2.05) is 6.07 Å². The number of nitrogens with zero attached hydrogens (tertiary/aromatic N) is 3. The maximum atomic E-state index is 8.74. The number of hydrogen-bond acceptors (Lipinski definition) is 3. The van der Waals surface area contributed by atoms with Gasteiger partial charge < -0.3 is 0 Å². The van der Waals surface area contributed by atoms with E-state index in [-0.39, 0.29) is 0 Å². The van der Waals surface area contributed by atoms with Crippen LogP contribution in [0, 0.1) is 11.3 Å². The van der Waals surface area contributed by atoms with E-state index in [1.54, 1.807) is 24.3 Å². The predicted octanol–water partition coefficient (Wildman–Crippen LogP) is 3.32. The van der Waals surface area contributed by atoms with Crippen LogP contribution < -0.4 is 0 Å². The molecule has 0 N–H and O–H groups in total. The molecule has 0 radical (unpaired) electrons. The average molecular weight is 250 g/mol. The molecule has 2 rings (SSSR count). The molecule has 0 bridgehead atoms. The third-order valence-corrected chi connectivity index (χ3v) is 2.48. The van der Waals surface area contributed by atoms with Gasteiger partial charge in [-0.3, -0.25) is 0 Å². The van der Waals surface area contributed by atoms with E-state index in [2.05, 4.69) is 9.97 Å². The molecule has 0 atom stereocenters. The van der Waals surface area contributed by atoms with Crippen LogP contribution in [0.15, 0.2) is 30.5 Å². The Hall–Kier alpha value is -1.63. The predicted molar refractivity (Wildman–Crippen MR) is 62.2 cm³/mol. The second-order valence-electron chi connectivity index (χ2n) is 3.01. The lowest BCUT2D eigenvalue weighted by atomic mass is 10.2. The first-order valence-corrected chi connectivity index (χ1v) is 5.15. The van der Waals surface area contributed by atoms with Crippen molar-refractivity contribution in [3.63, 3.8) is 0 Å². The summed E-state index contributed by atoms with van der Waals surface area (Å²) < 4.78 is 0. The third-order valence-electron chi connectivity index (χ3n) is 1.96. The Bertz CT molecular complexity index is 576. The number of nitriles is 1. The summed E-state index contributed by atoms with van der Waals surface area (Å²) in [6, 6.07) is 8.64. The Morgan fingerprint density at radius 2 is 2.06 bits per heavy atom. The van der Waals surface area contributed by atoms with Crippen molar-refractivity contribution in [1.29, 1.82) is 5.26 Å². The summed E-state index contributed by atoms with van der Waals surface area (Å²) >= 11 is 11.7. The van der Waals surface area contributed by atoms with Crippen molar-refractivity contribution >= 4 is 23.2 Å². The van der Waals surface area contributed by atoms with Crippen molar-refractivity contribution in [1.82, 2.24) is 9.97 Å². The lowest BCUT2D eigenvalue weighted by Gasteiger charge is -2.03. The van der Waals surface area contributed by atoms with Crippen molar-refractivity contribution in [2.24, 2.45) is 0 Å². The molecule has 0 aromatic carbocycles. The fourth-order valence-corrected chi connectivity index (χ4v) is 1.71. The van der Waals surface area contributed by atoms with Crippen molar-refractivity contribution < 1.29 is 0 Å². The summed E-state index contributed by atoms with van der Waals surface area (Å²) in [5.74, 6) is 0. The zero-order valence-corrected chi connectivity index (χ0v) is 9.50. The highest BCUT2D eigenvalue weighted by molar-refractivity contribution is 6.35. The van der Waals surface area contributed by atoms with Crippen LogP contribution in [0.5, 0.6) is 0 Å². The lowest BCUT2D eigenvalue weighted by Crippen LogP contribution is -1.89. The Balaban J connectivity index is 2.55. The van der Waals surface area contributed by atoms with Crippen molar-refractivity contribution in [2.45, 2.75) is 0 Å². The van der Waals surface area contributed by atoms with Gasteiger partial charge in [-0.05, 0) is 18.2 Å². The van der Waals surface area contributed by atoms with E-state index in [0.29, 0.717) is 27.1 Å². The maximum absolute atomic E-state index is 8.74. The normalized spacial score (nSPS) is 9.81. The van der Waals surface area contributed by atoms with E-state index in [9.17, 15) is 0 Å². The molecule has 0 saturated carbocycles.